The minimum atomic E-state index is -4.06. The Bertz CT molecular complexity index is 1260. The molecule has 0 saturated heterocycles. The smallest absolute Gasteiger partial charge is 0.404 e. The van der Waals surface area contributed by atoms with Gasteiger partial charge in [-0.2, -0.15) is 4.31 Å². The molecular formula is C26H36N4O9S. The van der Waals surface area contributed by atoms with Crippen LogP contribution in [-0.2, 0) is 16.4 Å². The Kier molecular flexibility index (Phi) is 10.8. The summed E-state index contributed by atoms with van der Waals surface area (Å²) in [5.74, 6) is 1.23. The molecule has 2 aromatic carbocycles. The fourth-order valence-electron chi connectivity index (χ4n) is 4.04. The van der Waals surface area contributed by atoms with Gasteiger partial charge in [0.2, 0.25) is 16.8 Å². The molecule has 0 aromatic heterocycles. The third-order valence-corrected chi connectivity index (χ3v) is 7.80. The van der Waals surface area contributed by atoms with Gasteiger partial charge in [-0.25, -0.2) is 18.0 Å². The zero-order valence-electron chi connectivity index (χ0n) is 22.6. The number of nitrogens with zero attached hydrogens (tertiary/aromatic N) is 1. The molecule has 1 aliphatic heterocycles. The highest BCUT2D eigenvalue weighted by molar-refractivity contribution is 7.89. The van der Waals surface area contributed by atoms with E-state index in [0.29, 0.717) is 29.4 Å². The molecule has 0 bridgehead atoms. The molecule has 0 saturated carbocycles. The van der Waals surface area contributed by atoms with Crippen LogP contribution in [0.25, 0.3) is 0 Å². The van der Waals surface area contributed by atoms with Crippen molar-refractivity contribution in [2.24, 2.45) is 5.92 Å². The number of amides is 3. The molecule has 3 rings (SSSR count). The summed E-state index contributed by atoms with van der Waals surface area (Å²) in [5.41, 5.74) is 0.697. The highest BCUT2D eigenvalue weighted by Crippen LogP contribution is 2.35. The highest BCUT2D eigenvalue weighted by Gasteiger charge is 2.32. The van der Waals surface area contributed by atoms with Gasteiger partial charge in [0.1, 0.15) is 12.4 Å². The lowest BCUT2D eigenvalue weighted by Crippen LogP contribution is -2.50. The number of ether oxygens (including phenoxy) is 3. The molecule has 14 heteroatoms. The van der Waals surface area contributed by atoms with Crippen molar-refractivity contribution in [3.05, 3.63) is 48.0 Å². The lowest BCUT2D eigenvalue weighted by atomic mass is 10.0. The molecule has 0 radical (unpaired) electrons. The number of aliphatic hydroxyl groups excluding tert-OH is 1. The SMILES string of the molecule is CNC(=O)NCCOc1ccc(C[C@H](NC(=O)O)[C@H](O)CN(CC(C)C)S(=O)(=O)c2ccc3c(c2)OCO3)cc1. The quantitative estimate of drug-likeness (QED) is 0.208. The van der Waals surface area contributed by atoms with E-state index in [2.05, 4.69) is 16.0 Å². The van der Waals surface area contributed by atoms with Crippen LogP contribution in [-0.4, -0.2) is 87.3 Å². The van der Waals surface area contributed by atoms with Crippen molar-refractivity contribution in [2.45, 2.75) is 37.3 Å². The van der Waals surface area contributed by atoms with Gasteiger partial charge in [0, 0.05) is 26.2 Å². The van der Waals surface area contributed by atoms with Crippen LogP contribution in [0.3, 0.4) is 0 Å². The number of fused-ring (bicyclic) bond motifs is 1. The second-order valence-electron chi connectivity index (χ2n) is 9.56. The number of hydrogen-bond donors (Lipinski definition) is 5. The summed E-state index contributed by atoms with van der Waals surface area (Å²) in [6, 6.07) is 9.81. The van der Waals surface area contributed by atoms with Crippen LogP contribution >= 0.6 is 0 Å². The molecule has 5 N–H and O–H groups in total. The summed E-state index contributed by atoms with van der Waals surface area (Å²) < 4.78 is 44.4. The number of hydrogen-bond acceptors (Lipinski definition) is 8. The molecule has 40 heavy (non-hydrogen) atoms. The summed E-state index contributed by atoms with van der Waals surface area (Å²) in [7, 11) is -2.54. The van der Waals surface area contributed by atoms with Crippen molar-refractivity contribution >= 4 is 22.1 Å². The maximum absolute atomic E-state index is 13.5. The van der Waals surface area contributed by atoms with E-state index >= 15 is 0 Å². The molecule has 1 heterocycles. The lowest BCUT2D eigenvalue weighted by molar-refractivity contribution is 0.0980. The Hall–Kier alpha value is -3.75. The average molecular weight is 581 g/mol. The molecule has 13 nitrogen and oxygen atoms in total. The maximum Gasteiger partial charge on any atom is 0.404 e. The van der Waals surface area contributed by atoms with Crippen molar-refractivity contribution in [3.8, 4) is 17.2 Å². The van der Waals surface area contributed by atoms with E-state index < -0.39 is 28.3 Å². The van der Waals surface area contributed by atoms with E-state index in [0.717, 1.165) is 4.31 Å². The van der Waals surface area contributed by atoms with E-state index in [1.54, 1.807) is 24.3 Å². The summed E-state index contributed by atoms with van der Waals surface area (Å²) in [5, 5.41) is 27.9. The Balaban J connectivity index is 1.70. The Labute approximate surface area is 233 Å². The first-order chi connectivity index (χ1) is 19.0. The Morgan fingerprint density at radius 1 is 1.07 bits per heavy atom. The second-order valence-corrected chi connectivity index (χ2v) is 11.5. The minimum absolute atomic E-state index is 0.00219. The highest BCUT2D eigenvalue weighted by atomic mass is 32.2. The molecule has 0 unspecified atom stereocenters. The molecular weight excluding hydrogens is 544 g/mol. The van der Waals surface area contributed by atoms with Gasteiger partial charge in [0.15, 0.2) is 11.5 Å². The number of benzene rings is 2. The van der Waals surface area contributed by atoms with Crippen LogP contribution in [0.1, 0.15) is 19.4 Å². The first-order valence-electron chi connectivity index (χ1n) is 12.7. The van der Waals surface area contributed by atoms with E-state index in [1.807, 2.05) is 13.8 Å². The third kappa shape index (κ3) is 8.63. The predicted molar refractivity (Wildman–Crippen MR) is 145 cm³/mol. The van der Waals surface area contributed by atoms with Gasteiger partial charge in [-0.05, 0) is 42.2 Å². The fraction of sp³-hybridized carbons (Fsp3) is 0.462. The number of aliphatic hydroxyl groups is 1. The summed E-state index contributed by atoms with van der Waals surface area (Å²) in [6.45, 7) is 4.02. The van der Waals surface area contributed by atoms with Crippen molar-refractivity contribution in [1.29, 1.82) is 0 Å². The summed E-state index contributed by atoms with van der Waals surface area (Å²) in [4.78, 5) is 22.7. The van der Waals surface area contributed by atoms with Crippen LogP contribution in [0.4, 0.5) is 9.59 Å². The van der Waals surface area contributed by atoms with Crippen LogP contribution in [0, 0.1) is 5.92 Å². The average Bonchev–Trinajstić information content (AvgIpc) is 3.38. The van der Waals surface area contributed by atoms with Gasteiger partial charge < -0.3 is 40.4 Å². The number of sulfonamides is 1. The minimum Gasteiger partial charge on any atom is -0.492 e. The normalized spacial score (nSPS) is 14.1. The molecule has 0 spiro atoms. The molecule has 220 valence electrons. The van der Waals surface area contributed by atoms with Gasteiger partial charge >= 0.3 is 12.1 Å². The topological polar surface area (TPSA) is 176 Å². The van der Waals surface area contributed by atoms with Gasteiger partial charge in [-0.15, -0.1) is 0 Å². The van der Waals surface area contributed by atoms with Gasteiger partial charge in [0.05, 0.1) is 23.6 Å². The lowest BCUT2D eigenvalue weighted by Gasteiger charge is -2.30. The fourth-order valence-corrected chi connectivity index (χ4v) is 5.68. The van der Waals surface area contributed by atoms with Gasteiger partial charge in [-0.1, -0.05) is 26.0 Å². The number of urea groups is 1. The Morgan fingerprint density at radius 2 is 1.77 bits per heavy atom. The first-order valence-corrected chi connectivity index (χ1v) is 14.2. The maximum atomic E-state index is 13.5. The second kappa shape index (κ2) is 14.1. The Morgan fingerprint density at radius 3 is 2.42 bits per heavy atom. The number of nitrogens with one attached hydrogen (secondary N) is 3. The zero-order chi connectivity index (χ0) is 29.3. The first kappa shape index (κ1) is 30.8. The van der Waals surface area contributed by atoms with E-state index in [4.69, 9.17) is 14.2 Å². The summed E-state index contributed by atoms with van der Waals surface area (Å²) in [6.07, 6.45) is -2.60. The predicted octanol–water partition coefficient (Wildman–Crippen LogP) is 1.61. The molecule has 0 aliphatic carbocycles. The van der Waals surface area contributed by atoms with Crippen molar-refractivity contribution in [1.82, 2.24) is 20.3 Å². The zero-order valence-corrected chi connectivity index (χ0v) is 23.4. The van der Waals surface area contributed by atoms with Crippen LogP contribution in [0.5, 0.6) is 17.2 Å². The van der Waals surface area contributed by atoms with Crippen molar-refractivity contribution < 1.29 is 42.4 Å². The number of carboxylic acid groups (broad SMARTS) is 1. The molecule has 2 atom stereocenters. The third-order valence-electron chi connectivity index (χ3n) is 5.98. The van der Waals surface area contributed by atoms with Gasteiger partial charge in [0.25, 0.3) is 0 Å². The molecule has 0 fully saturated rings. The van der Waals surface area contributed by atoms with Crippen LogP contribution in [0.15, 0.2) is 47.4 Å². The standard InChI is InChI=1S/C26H36N4O9S/c1-17(2)14-30(40(35,36)20-8-9-23-24(13-20)39-16-38-23)15-22(31)21(29-26(33)34)12-18-4-6-19(7-5-18)37-11-10-28-25(32)27-3/h4-9,13,17,21-22,29,31H,10-12,14-16H2,1-3H3,(H,33,34)(H2,27,28,32)/t21-,22+/m0/s1. The summed E-state index contributed by atoms with van der Waals surface area (Å²) >= 11 is 0. The number of rotatable bonds is 14. The molecule has 1 aliphatic rings. The largest absolute Gasteiger partial charge is 0.492 e. The molecule has 2 aromatic rings. The van der Waals surface area contributed by atoms with E-state index in [-0.39, 0.29) is 49.8 Å². The van der Waals surface area contributed by atoms with Crippen LogP contribution < -0.4 is 30.2 Å². The number of carbonyl (C=O) groups excluding carboxylic acids is 1. The van der Waals surface area contributed by atoms with E-state index in [9.17, 15) is 28.2 Å². The van der Waals surface area contributed by atoms with Crippen molar-refractivity contribution in [2.75, 3.05) is 40.1 Å². The van der Waals surface area contributed by atoms with Crippen LogP contribution in [0.2, 0.25) is 0 Å². The number of carbonyl (C=O) groups is 2. The molecule has 3 amide bonds. The van der Waals surface area contributed by atoms with Gasteiger partial charge in [-0.3, -0.25) is 0 Å². The van der Waals surface area contributed by atoms with Crippen molar-refractivity contribution in [3.63, 3.8) is 0 Å². The monoisotopic (exact) mass is 580 g/mol. The van der Waals surface area contributed by atoms with E-state index in [1.165, 1.54) is 25.2 Å².